The molecule has 2 aromatic carbocycles. The van der Waals surface area contributed by atoms with Crippen LogP contribution in [-0.4, -0.2) is 38.8 Å². The molecule has 0 aromatic heterocycles. The molecule has 146 valence electrons. The van der Waals surface area contributed by atoms with E-state index >= 15 is 0 Å². The lowest BCUT2D eigenvalue weighted by atomic mass is 10.2. The number of likely N-dealkylation sites (N-methyl/N-ethyl adjacent to an activating group) is 1. The normalized spacial score (nSPS) is 11.5. The van der Waals surface area contributed by atoms with Crippen molar-refractivity contribution in [2.45, 2.75) is 18.7 Å². The second-order valence-corrected chi connectivity index (χ2v) is 8.68. The van der Waals surface area contributed by atoms with E-state index in [0.29, 0.717) is 23.1 Å². The molecule has 0 atom stereocenters. The standard InChI is InChI=1S/C18H20Cl2N2O4S/c1-4-26-17-8-7-14(10-15(17)20)27(24,25)22(3)11-18(23)21-16-9-13(19)6-5-12(16)2/h5-10H,4,11H2,1-3H3,(H,21,23). The number of benzene rings is 2. The SMILES string of the molecule is CCOc1ccc(S(=O)(=O)N(C)CC(=O)Nc2cc(Cl)ccc2C)cc1Cl. The van der Waals surface area contributed by atoms with Gasteiger partial charge in [0.25, 0.3) is 0 Å². The van der Waals surface area contributed by atoms with Crippen LogP contribution >= 0.6 is 23.2 Å². The van der Waals surface area contributed by atoms with Gasteiger partial charge in [0, 0.05) is 17.8 Å². The summed E-state index contributed by atoms with van der Waals surface area (Å²) in [5.41, 5.74) is 1.35. The average molecular weight is 431 g/mol. The van der Waals surface area contributed by atoms with Gasteiger partial charge in [0.05, 0.1) is 23.1 Å². The van der Waals surface area contributed by atoms with Crippen LogP contribution in [0.5, 0.6) is 5.75 Å². The van der Waals surface area contributed by atoms with E-state index < -0.39 is 15.9 Å². The summed E-state index contributed by atoms with van der Waals surface area (Å²) in [7, 11) is -2.57. The lowest BCUT2D eigenvalue weighted by molar-refractivity contribution is -0.116. The number of aryl methyl sites for hydroxylation is 1. The second kappa shape index (κ2) is 8.93. The highest BCUT2D eigenvalue weighted by atomic mass is 35.5. The van der Waals surface area contributed by atoms with Crippen molar-refractivity contribution in [3.05, 3.63) is 52.0 Å². The summed E-state index contributed by atoms with van der Waals surface area (Å²) in [4.78, 5) is 12.2. The van der Waals surface area contributed by atoms with Crippen molar-refractivity contribution in [3.8, 4) is 5.75 Å². The molecular weight excluding hydrogens is 411 g/mol. The van der Waals surface area contributed by atoms with E-state index in [2.05, 4.69) is 5.32 Å². The van der Waals surface area contributed by atoms with E-state index in [9.17, 15) is 13.2 Å². The van der Waals surface area contributed by atoms with Crippen LogP contribution in [0.1, 0.15) is 12.5 Å². The zero-order chi connectivity index (χ0) is 20.2. The van der Waals surface area contributed by atoms with Crippen molar-refractivity contribution in [2.75, 3.05) is 25.5 Å². The van der Waals surface area contributed by atoms with Crippen molar-refractivity contribution < 1.29 is 17.9 Å². The van der Waals surface area contributed by atoms with E-state index in [1.54, 1.807) is 25.1 Å². The summed E-state index contributed by atoms with van der Waals surface area (Å²) in [6.45, 7) is 3.66. The predicted molar refractivity (Wildman–Crippen MR) is 107 cm³/mol. The van der Waals surface area contributed by atoms with Crippen LogP contribution in [0, 0.1) is 6.92 Å². The van der Waals surface area contributed by atoms with Gasteiger partial charge in [-0.3, -0.25) is 4.79 Å². The van der Waals surface area contributed by atoms with Gasteiger partial charge in [-0.25, -0.2) is 8.42 Å². The average Bonchev–Trinajstić information content (AvgIpc) is 2.59. The van der Waals surface area contributed by atoms with E-state index in [1.807, 2.05) is 6.92 Å². The fraction of sp³-hybridized carbons (Fsp3) is 0.278. The molecule has 0 bridgehead atoms. The van der Waals surface area contributed by atoms with Gasteiger partial charge in [-0.15, -0.1) is 0 Å². The van der Waals surface area contributed by atoms with E-state index in [4.69, 9.17) is 27.9 Å². The number of nitrogens with zero attached hydrogens (tertiary/aromatic N) is 1. The highest BCUT2D eigenvalue weighted by Crippen LogP contribution is 2.28. The van der Waals surface area contributed by atoms with Crippen LogP contribution in [0.25, 0.3) is 0 Å². The molecule has 0 aliphatic rings. The van der Waals surface area contributed by atoms with Crippen LogP contribution < -0.4 is 10.1 Å². The molecule has 0 unspecified atom stereocenters. The molecule has 0 heterocycles. The molecule has 0 aliphatic carbocycles. The third-order valence-electron chi connectivity index (χ3n) is 3.75. The predicted octanol–water partition coefficient (Wildman–Crippen LogP) is 3.96. The fourth-order valence-corrected chi connectivity index (χ4v) is 3.93. The van der Waals surface area contributed by atoms with E-state index in [0.717, 1.165) is 9.87 Å². The first-order chi connectivity index (χ1) is 12.6. The van der Waals surface area contributed by atoms with Crippen LogP contribution in [0.15, 0.2) is 41.3 Å². The second-order valence-electron chi connectivity index (χ2n) is 5.79. The molecule has 2 rings (SSSR count). The molecule has 0 fully saturated rings. The monoisotopic (exact) mass is 430 g/mol. The first-order valence-electron chi connectivity index (χ1n) is 8.10. The number of hydrogen-bond acceptors (Lipinski definition) is 4. The minimum atomic E-state index is -3.89. The molecule has 1 N–H and O–H groups in total. The third-order valence-corrected chi connectivity index (χ3v) is 6.08. The van der Waals surface area contributed by atoms with Gasteiger partial charge in [-0.05, 0) is 49.7 Å². The van der Waals surface area contributed by atoms with Gasteiger partial charge in [0.15, 0.2) is 0 Å². The molecule has 27 heavy (non-hydrogen) atoms. The van der Waals surface area contributed by atoms with Gasteiger partial charge in [0.2, 0.25) is 15.9 Å². The Hall–Kier alpha value is -1.80. The van der Waals surface area contributed by atoms with Gasteiger partial charge < -0.3 is 10.1 Å². The summed E-state index contributed by atoms with van der Waals surface area (Å²) in [6, 6.07) is 9.26. The van der Waals surface area contributed by atoms with Crippen molar-refractivity contribution in [2.24, 2.45) is 0 Å². The molecular formula is C18H20Cl2N2O4S. The van der Waals surface area contributed by atoms with Crippen molar-refractivity contribution in [1.82, 2.24) is 4.31 Å². The van der Waals surface area contributed by atoms with Crippen LogP contribution in [0.3, 0.4) is 0 Å². The maximum absolute atomic E-state index is 12.7. The zero-order valence-corrected chi connectivity index (χ0v) is 17.5. The summed E-state index contributed by atoms with van der Waals surface area (Å²) < 4.78 is 31.6. The molecule has 0 spiro atoms. The molecule has 0 saturated carbocycles. The quantitative estimate of drug-likeness (QED) is 0.720. The van der Waals surface area contributed by atoms with Gasteiger partial charge >= 0.3 is 0 Å². The zero-order valence-electron chi connectivity index (χ0n) is 15.1. The van der Waals surface area contributed by atoms with Crippen molar-refractivity contribution >= 4 is 44.8 Å². The Kier molecular flexibility index (Phi) is 7.11. The summed E-state index contributed by atoms with van der Waals surface area (Å²) in [5.74, 6) is -0.0848. The molecule has 2 aromatic rings. The number of nitrogens with one attached hydrogen (secondary N) is 1. The van der Waals surface area contributed by atoms with Crippen molar-refractivity contribution in [3.63, 3.8) is 0 Å². The Morgan fingerprint density at radius 1 is 1.19 bits per heavy atom. The Labute approximate surface area is 169 Å². The molecule has 1 amide bonds. The number of hydrogen-bond donors (Lipinski definition) is 1. The summed E-state index contributed by atoms with van der Waals surface area (Å²) >= 11 is 12.0. The number of amides is 1. The molecule has 0 aliphatic heterocycles. The minimum Gasteiger partial charge on any atom is -0.492 e. The fourth-order valence-electron chi connectivity index (χ4n) is 2.30. The summed E-state index contributed by atoms with van der Waals surface area (Å²) in [6.07, 6.45) is 0. The Bertz CT molecular complexity index is 948. The molecule has 9 heteroatoms. The number of carbonyl (C=O) groups excluding carboxylic acids is 1. The maximum atomic E-state index is 12.7. The summed E-state index contributed by atoms with van der Waals surface area (Å²) in [5, 5.41) is 3.33. The van der Waals surface area contributed by atoms with Crippen LogP contribution in [0.4, 0.5) is 5.69 Å². The number of sulfonamides is 1. The first kappa shape index (κ1) is 21.5. The topological polar surface area (TPSA) is 75.7 Å². The number of ether oxygens (including phenoxy) is 1. The van der Waals surface area contributed by atoms with Gasteiger partial charge in [-0.2, -0.15) is 4.31 Å². The first-order valence-corrected chi connectivity index (χ1v) is 10.3. The maximum Gasteiger partial charge on any atom is 0.243 e. The third kappa shape index (κ3) is 5.35. The van der Waals surface area contributed by atoms with Gasteiger partial charge in [0.1, 0.15) is 5.75 Å². The largest absolute Gasteiger partial charge is 0.492 e. The van der Waals surface area contributed by atoms with Crippen LogP contribution in [-0.2, 0) is 14.8 Å². The number of carbonyl (C=O) groups is 1. The lowest BCUT2D eigenvalue weighted by Gasteiger charge is -2.18. The number of anilines is 1. The number of halogens is 2. The highest BCUT2D eigenvalue weighted by Gasteiger charge is 2.24. The van der Waals surface area contributed by atoms with E-state index in [1.165, 1.54) is 25.2 Å². The van der Waals surface area contributed by atoms with E-state index in [-0.39, 0.29) is 16.5 Å². The van der Waals surface area contributed by atoms with Crippen LogP contribution in [0.2, 0.25) is 10.0 Å². The van der Waals surface area contributed by atoms with Crippen molar-refractivity contribution in [1.29, 1.82) is 0 Å². The smallest absolute Gasteiger partial charge is 0.243 e. The Morgan fingerprint density at radius 2 is 1.89 bits per heavy atom. The Morgan fingerprint density at radius 3 is 2.52 bits per heavy atom. The highest BCUT2D eigenvalue weighted by molar-refractivity contribution is 7.89. The molecule has 0 radical (unpaired) electrons. The molecule has 6 nitrogen and oxygen atoms in total. The number of rotatable bonds is 7. The Balaban J connectivity index is 2.13. The lowest BCUT2D eigenvalue weighted by Crippen LogP contribution is -2.35. The minimum absolute atomic E-state index is 0.0230. The molecule has 0 saturated heterocycles. The van der Waals surface area contributed by atoms with Gasteiger partial charge in [-0.1, -0.05) is 29.3 Å².